The molecule has 0 spiro atoms. The zero-order chi connectivity index (χ0) is 13.5. The van der Waals surface area contributed by atoms with Crippen LogP contribution in [0.15, 0.2) is 18.2 Å². The topological polar surface area (TPSA) is 88.1 Å². The molecule has 5 heteroatoms. The molecule has 18 heavy (non-hydrogen) atoms. The Morgan fingerprint density at radius 2 is 2.33 bits per heavy atom. The minimum absolute atomic E-state index is 0.00129. The van der Waals surface area contributed by atoms with Crippen molar-refractivity contribution in [2.75, 3.05) is 12.4 Å². The van der Waals surface area contributed by atoms with Gasteiger partial charge in [0.25, 0.3) is 0 Å². The van der Waals surface area contributed by atoms with E-state index in [0.29, 0.717) is 29.8 Å². The molecule has 0 radical (unpaired) electrons. The number of anilines is 1. The third-order valence-corrected chi connectivity index (χ3v) is 2.43. The molecule has 1 aromatic rings. The van der Waals surface area contributed by atoms with Gasteiger partial charge in [-0.1, -0.05) is 0 Å². The van der Waals surface area contributed by atoms with E-state index in [1.807, 2.05) is 13.0 Å². The Kier molecular flexibility index (Phi) is 5.15. The molecule has 0 aromatic heterocycles. The van der Waals surface area contributed by atoms with Gasteiger partial charge < -0.3 is 15.8 Å². The van der Waals surface area contributed by atoms with Crippen molar-refractivity contribution in [2.45, 2.75) is 25.8 Å². The largest absolute Gasteiger partial charge is 0.495 e. The van der Waals surface area contributed by atoms with E-state index in [9.17, 15) is 4.79 Å². The molecule has 1 atom stereocenters. The predicted octanol–water partition coefficient (Wildman–Crippen LogP) is 1.63. The fourth-order valence-electron chi connectivity index (χ4n) is 1.44. The average molecular weight is 247 g/mol. The number of benzene rings is 1. The second-order valence-corrected chi connectivity index (χ2v) is 4.09. The first-order valence-corrected chi connectivity index (χ1v) is 5.70. The zero-order valence-electron chi connectivity index (χ0n) is 10.6. The van der Waals surface area contributed by atoms with Crippen LogP contribution in [0.4, 0.5) is 5.69 Å². The third kappa shape index (κ3) is 4.07. The standard InChI is InChI=1S/C13H17N3O2/c1-9(15)3-6-13(17)16-11-5-4-10(8-14)7-12(11)18-2/h4-5,7,9H,3,6,15H2,1-2H3,(H,16,17). The smallest absolute Gasteiger partial charge is 0.224 e. The summed E-state index contributed by atoms with van der Waals surface area (Å²) < 4.78 is 5.12. The maximum atomic E-state index is 11.7. The molecule has 1 rings (SSSR count). The molecule has 0 aliphatic carbocycles. The van der Waals surface area contributed by atoms with Gasteiger partial charge in [-0.3, -0.25) is 4.79 Å². The lowest BCUT2D eigenvalue weighted by Crippen LogP contribution is -2.19. The van der Waals surface area contributed by atoms with E-state index in [-0.39, 0.29) is 11.9 Å². The molecule has 96 valence electrons. The lowest BCUT2D eigenvalue weighted by molar-refractivity contribution is -0.116. The highest BCUT2D eigenvalue weighted by Gasteiger charge is 2.09. The van der Waals surface area contributed by atoms with Crippen LogP contribution in [-0.2, 0) is 4.79 Å². The number of carbonyl (C=O) groups is 1. The van der Waals surface area contributed by atoms with E-state index < -0.39 is 0 Å². The van der Waals surface area contributed by atoms with Gasteiger partial charge in [-0.05, 0) is 25.5 Å². The van der Waals surface area contributed by atoms with Gasteiger partial charge in [0.2, 0.25) is 5.91 Å². The molecule has 1 amide bonds. The number of hydrogen-bond donors (Lipinski definition) is 2. The predicted molar refractivity (Wildman–Crippen MR) is 69.2 cm³/mol. The number of hydrogen-bond acceptors (Lipinski definition) is 4. The summed E-state index contributed by atoms with van der Waals surface area (Å²) >= 11 is 0. The van der Waals surface area contributed by atoms with E-state index >= 15 is 0 Å². The van der Waals surface area contributed by atoms with Crippen LogP contribution in [0, 0.1) is 11.3 Å². The molecule has 0 heterocycles. The number of methoxy groups -OCH3 is 1. The van der Waals surface area contributed by atoms with Crippen molar-refractivity contribution in [3.8, 4) is 11.8 Å². The van der Waals surface area contributed by atoms with E-state index in [4.69, 9.17) is 15.7 Å². The van der Waals surface area contributed by atoms with Gasteiger partial charge in [0.15, 0.2) is 0 Å². The summed E-state index contributed by atoms with van der Waals surface area (Å²) in [5.74, 6) is 0.360. The summed E-state index contributed by atoms with van der Waals surface area (Å²) in [5, 5.41) is 11.5. The first kappa shape index (κ1) is 14.0. The Bertz CT molecular complexity index is 464. The van der Waals surface area contributed by atoms with Crippen LogP contribution in [0.3, 0.4) is 0 Å². The second-order valence-electron chi connectivity index (χ2n) is 4.09. The Morgan fingerprint density at radius 1 is 1.61 bits per heavy atom. The summed E-state index contributed by atoms with van der Waals surface area (Å²) in [7, 11) is 1.49. The van der Waals surface area contributed by atoms with E-state index in [0.717, 1.165) is 0 Å². The number of rotatable bonds is 5. The zero-order valence-corrected chi connectivity index (χ0v) is 10.6. The highest BCUT2D eigenvalue weighted by Crippen LogP contribution is 2.25. The van der Waals surface area contributed by atoms with E-state index in [1.165, 1.54) is 7.11 Å². The molecule has 1 unspecified atom stereocenters. The normalized spacial score (nSPS) is 11.4. The van der Waals surface area contributed by atoms with Crippen LogP contribution in [0.1, 0.15) is 25.3 Å². The van der Waals surface area contributed by atoms with Gasteiger partial charge in [-0.15, -0.1) is 0 Å². The number of nitrogens with one attached hydrogen (secondary N) is 1. The highest BCUT2D eigenvalue weighted by molar-refractivity contribution is 5.92. The van der Waals surface area contributed by atoms with Crippen LogP contribution in [0.25, 0.3) is 0 Å². The molecule has 0 bridgehead atoms. The highest BCUT2D eigenvalue weighted by atomic mass is 16.5. The number of carbonyl (C=O) groups excluding carboxylic acids is 1. The first-order valence-electron chi connectivity index (χ1n) is 5.70. The second kappa shape index (κ2) is 6.62. The lowest BCUT2D eigenvalue weighted by atomic mass is 10.1. The molecule has 3 N–H and O–H groups in total. The fourth-order valence-corrected chi connectivity index (χ4v) is 1.44. The molecule has 0 saturated carbocycles. The lowest BCUT2D eigenvalue weighted by Gasteiger charge is -2.11. The van der Waals surface area contributed by atoms with Gasteiger partial charge in [0.1, 0.15) is 5.75 Å². The summed E-state index contributed by atoms with van der Waals surface area (Å²) in [5.41, 5.74) is 6.64. The number of nitrogens with zero attached hydrogens (tertiary/aromatic N) is 1. The van der Waals surface area contributed by atoms with Crippen LogP contribution in [-0.4, -0.2) is 19.1 Å². The maximum absolute atomic E-state index is 11.7. The number of nitriles is 1. The molecule has 5 nitrogen and oxygen atoms in total. The van der Waals surface area contributed by atoms with Gasteiger partial charge >= 0.3 is 0 Å². The Balaban J connectivity index is 2.72. The summed E-state index contributed by atoms with van der Waals surface area (Å²) in [6.07, 6.45) is 0.991. The summed E-state index contributed by atoms with van der Waals surface area (Å²) in [6.45, 7) is 1.86. The van der Waals surface area contributed by atoms with Crippen molar-refractivity contribution in [1.82, 2.24) is 0 Å². The fraction of sp³-hybridized carbons (Fsp3) is 0.385. The Hall–Kier alpha value is -2.06. The molecule has 0 aliphatic heterocycles. The van der Waals surface area contributed by atoms with Crippen LogP contribution >= 0.6 is 0 Å². The molecular formula is C13H17N3O2. The van der Waals surface area contributed by atoms with Crippen molar-refractivity contribution >= 4 is 11.6 Å². The molecule has 0 fully saturated rings. The Labute approximate surface area is 107 Å². The maximum Gasteiger partial charge on any atom is 0.224 e. The third-order valence-electron chi connectivity index (χ3n) is 2.43. The minimum Gasteiger partial charge on any atom is -0.495 e. The minimum atomic E-state index is -0.115. The number of nitrogens with two attached hydrogens (primary N) is 1. The first-order chi connectivity index (χ1) is 8.56. The summed E-state index contributed by atoms with van der Waals surface area (Å²) in [4.78, 5) is 11.7. The molecule has 0 aliphatic rings. The van der Waals surface area contributed by atoms with Crippen molar-refractivity contribution in [2.24, 2.45) is 5.73 Å². The monoisotopic (exact) mass is 247 g/mol. The van der Waals surface area contributed by atoms with Crippen LogP contribution < -0.4 is 15.8 Å². The van der Waals surface area contributed by atoms with Gasteiger partial charge in [0.05, 0.1) is 24.4 Å². The van der Waals surface area contributed by atoms with Crippen molar-refractivity contribution < 1.29 is 9.53 Å². The van der Waals surface area contributed by atoms with Crippen molar-refractivity contribution in [1.29, 1.82) is 5.26 Å². The number of amides is 1. The summed E-state index contributed by atoms with van der Waals surface area (Å²) in [6, 6.07) is 6.88. The molecule has 0 saturated heterocycles. The van der Waals surface area contributed by atoms with Crippen molar-refractivity contribution in [3.05, 3.63) is 23.8 Å². The van der Waals surface area contributed by atoms with Crippen LogP contribution in [0.5, 0.6) is 5.75 Å². The molecular weight excluding hydrogens is 230 g/mol. The van der Waals surface area contributed by atoms with Crippen molar-refractivity contribution in [3.63, 3.8) is 0 Å². The van der Waals surface area contributed by atoms with E-state index in [2.05, 4.69) is 5.32 Å². The van der Waals surface area contributed by atoms with Gasteiger partial charge in [0, 0.05) is 18.5 Å². The van der Waals surface area contributed by atoms with E-state index in [1.54, 1.807) is 18.2 Å². The number of ether oxygens (including phenoxy) is 1. The molecule has 1 aromatic carbocycles. The average Bonchev–Trinajstić information content (AvgIpc) is 2.36. The Morgan fingerprint density at radius 3 is 2.89 bits per heavy atom. The van der Waals surface area contributed by atoms with Gasteiger partial charge in [-0.25, -0.2) is 0 Å². The van der Waals surface area contributed by atoms with Crippen LogP contribution in [0.2, 0.25) is 0 Å². The van der Waals surface area contributed by atoms with Gasteiger partial charge in [-0.2, -0.15) is 5.26 Å². The quantitative estimate of drug-likeness (QED) is 0.827. The SMILES string of the molecule is COc1cc(C#N)ccc1NC(=O)CCC(C)N.